The first-order valence-corrected chi connectivity index (χ1v) is 11.1. The molecular formula is C11H25O2Si2. The molecule has 0 atom stereocenters. The van der Waals surface area contributed by atoms with E-state index in [0.29, 0.717) is 6.61 Å². The molecule has 0 unspecified atom stereocenters. The molecule has 0 rings (SSSR count). The van der Waals surface area contributed by atoms with Crippen molar-refractivity contribution in [1.82, 2.24) is 0 Å². The van der Waals surface area contributed by atoms with Crippen LogP contribution in [0.1, 0.15) is 13.3 Å². The summed E-state index contributed by atoms with van der Waals surface area (Å²) in [4.78, 5) is 0. The Bertz CT molecular complexity index is 191. The lowest BCUT2D eigenvalue weighted by Crippen LogP contribution is -2.35. The second-order valence-corrected chi connectivity index (χ2v) is 11.5. The van der Waals surface area contributed by atoms with Crippen LogP contribution in [0.15, 0.2) is 12.2 Å². The highest BCUT2D eigenvalue weighted by atomic mass is 28.4. The monoisotopic (exact) mass is 245 g/mol. The fourth-order valence-electron chi connectivity index (χ4n) is 1.45. The van der Waals surface area contributed by atoms with E-state index in [2.05, 4.69) is 32.8 Å². The topological polar surface area (TPSA) is 18.5 Å². The summed E-state index contributed by atoms with van der Waals surface area (Å²) in [5, 5.41) is 0. The maximum Gasteiger partial charge on any atom is 0.191 e. The summed E-state index contributed by atoms with van der Waals surface area (Å²) in [6.45, 7) is 16.3. The highest BCUT2D eigenvalue weighted by Gasteiger charge is 2.22. The summed E-state index contributed by atoms with van der Waals surface area (Å²) in [6, 6.07) is 1.19. The summed E-state index contributed by atoms with van der Waals surface area (Å²) in [6.07, 6.45) is 1.11. The van der Waals surface area contributed by atoms with Crippen LogP contribution in [0.4, 0.5) is 0 Å². The molecule has 89 valence electrons. The van der Waals surface area contributed by atoms with Crippen molar-refractivity contribution in [2.75, 3.05) is 13.2 Å². The van der Waals surface area contributed by atoms with Crippen LogP contribution in [0.3, 0.4) is 0 Å². The van der Waals surface area contributed by atoms with Gasteiger partial charge in [0.25, 0.3) is 0 Å². The number of rotatable bonds is 8. The molecule has 4 heteroatoms. The zero-order valence-corrected chi connectivity index (χ0v) is 12.9. The Labute approximate surface area is 97.5 Å². The molecule has 0 heterocycles. The first-order valence-electron chi connectivity index (χ1n) is 5.55. The average molecular weight is 245 g/mol. The van der Waals surface area contributed by atoms with Crippen molar-refractivity contribution in [3.8, 4) is 0 Å². The molecule has 15 heavy (non-hydrogen) atoms. The van der Waals surface area contributed by atoms with Gasteiger partial charge in [0, 0.05) is 6.61 Å². The molecular weight excluding hydrogens is 220 g/mol. The van der Waals surface area contributed by atoms with Gasteiger partial charge in [-0.05, 0) is 45.6 Å². The predicted octanol–water partition coefficient (Wildman–Crippen LogP) is 3.44. The van der Waals surface area contributed by atoms with Gasteiger partial charge < -0.3 is 8.85 Å². The Morgan fingerprint density at radius 2 is 1.93 bits per heavy atom. The quantitative estimate of drug-likeness (QED) is 0.370. The molecule has 0 aliphatic carbocycles. The van der Waals surface area contributed by atoms with Crippen molar-refractivity contribution in [3.63, 3.8) is 0 Å². The van der Waals surface area contributed by atoms with Crippen LogP contribution in [0, 0.1) is 0 Å². The predicted molar refractivity (Wildman–Crippen MR) is 71.1 cm³/mol. The third-order valence-electron chi connectivity index (χ3n) is 1.90. The minimum atomic E-state index is -1.40. The van der Waals surface area contributed by atoms with Gasteiger partial charge in [0.15, 0.2) is 17.4 Å². The fourth-order valence-corrected chi connectivity index (χ4v) is 7.27. The van der Waals surface area contributed by atoms with Gasteiger partial charge in [-0.2, -0.15) is 0 Å². The standard InChI is InChI=1S/C11H25O2Si2/c1-11(2)10-12-8-7-9-15(5,6)13-14(3)4/h1,7-10H2,2-6H3. The molecule has 0 aromatic heterocycles. The number of hydrogen-bond donors (Lipinski definition) is 0. The smallest absolute Gasteiger partial charge is 0.191 e. The van der Waals surface area contributed by atoms with Crippen LogP contribution in [0.2, 0.25) is 32.2 Å². The van der Waals surface area contributed by atoms with E-state index in [1.807, 2.05) is 6.92 Å². The van der Waals surface area contributed by atoms with Gasteiger partial charge >= 0.3 is 0 Å². The molecule has 0 aliphatic rings. The van der Waals surface area contributed by atoms with Crippen LogP contribution in [-0.2, 0) is 8.85 Å². The summed E-state index contributed by atoms with van der Waals surface area (Å²) in [5.74, 6) is 0. The van der Waals surface area contributed by atoms with Crippen molar-refractivity contribution in [2.24, 2.45) is 0 Å². The Morgan fingerprint density at radius 3 is 2.40 bits per heavy atom. The molecule has 0 amide bonds. The Morgan fingerprint density at radius 1 is 1.33 bits per heavy atom. The summed E-state index contributed by atoms with van der Waals surface area (Å²) in [5.41, 5.74) is 1.09. The maximum atomic E-state index is 6.03. The van der Waals surface area contributed by atoms with Crippen LogP contribution in [-0.4, -0.2) is 30.6 Å². The highest BCUT2D eigenvalue weighted by Crippen LogP contribution is 2.15. The highest BCUT2D eigenvalue weighted by molar-refractivity contribution is 6.77. The average Bonchev–Trinajstić information content (AvgIpc) is 1.99. The molecule has 0 aliphatic heterocycles. The lowest BCUT2D eigenvalue weighted by molar-refractivity contribution is 0.156. The first kappa shape index (κ1) is 15.1. The van der Waals surface area contributed by atoms with E-state index in [9.17, 15) is 0 Å². The lowest BCUT2D eigenvalue weighted by Gasteiger charge is -2.25. The maximum absolute atomic E-state index is 6.03. The largest absolute Gasteiger partial charge is 0.456 e. The van der Waals surface area contributed by atoms with Gasteiger partial charge in [0.1, 0.15) is 0 Å². The zero-order chi connectivity index (χ0) is 11.9. The number of hydrogen-bond acceptors (Lipinski definition) is 2. The minimum absolute atomic E-state index is 0.540. The van der Waals surface area contributed by atoms with E-state index in [1.165, 1.54) is 6.04 Å². The molecule has 2 nitrogen and oxygen atoms in total. The summed E-state index contributed by atoms with van der Waals surface area (Å²) < 4.78 is 11.5. The van der Waals surface area contributed by atoms with Crippen molar-refractivity contribution in [2.45, 2.75) is 45.6 Å². The zero-order valence-electron chi connectivity index (χ0n) is 10.9. The van der Waals surface area contributed by atoms with Crippen LogP contribution >= 0.6 is 0 Å². The normalized spacial score (nSPS) is 12.1. The van der Waals surface area contributed by atoms with Crippen LogP contribution < -0.4 is 0 Å². The van der Waals surface area contributed by atoms with Crippen LogP contribution in [0.5, 0.6) is 0 Å². The molecule has 0 bridgehead atoms. The molecule has 0 saturated heterocycles. The summed E-state index contributed by atoms with van der Waals surface area (Å²) in [7, 11) is -1.94. The van der Waals surface area contributed by atoms with Gasteiger partial charge in [-0.15, -0.1) is 0 Å². The Kier molecular flexibility index (Phi) is 7.43. The van der Waals surface area contributed by atoms with E-state index < -0.39 is 17.4 Å². The molecule has 0 aromatic rings. The Hall–Kier alpha value is 0.0938. The van der Waals surface area contributed by atoms with Crippen LogP contribution in [0.25, 0.3) is 0 Å². The van der Waals surface area contributed by atoms with Gasteiger partial charge in [-0.1, -0.05) is 12.2 Å². The minimum Gasteiger partial charge on any atom is -0.456 e. The van der Waals surface area contributed by atoms with Gasteiger partial charge in [-0.3, -0.25) is 0 Å². The SMILES string of the molecule is C=C(C)COCCC[Si](C)(C)O[Si](C)C. The van der Waals surface area contributed by atoms with E-state index in [0.717, 1.165) is 18.6 Å². The molecule has 1 radical (unpaired) electrons. The molecule has 0 N–H and O–H groups in total. The summed E-state index contributed by atoms with van der Waals surface area (Å²) >= 11 is 0. The van der Waals surface area contributed by atoms with E-state index in [-0.39, 0.29) is 0 Å². The van der Waals surface area contributed by atoms with E-state index in [4.69, 9.17) is 8.85 Å². The molecule has 0 spiro atoms. The second-order valence-electron chi connectivity index (χ2n) is 4.88. The van der Waals surface area contributed by atoms with Gasteiger partial charge in [-0.25, -0.2) is 0 Å². The van der Waals surface area contributed by atoms with Crippen molar-refractivity contribution in [1.29, 1.82) is 0 Å². The lowest BCUT2D eigenvalue weighted by atomic mass is 10.4. The van der Waals surface area contributed by atoms with Crippen molar-refractivity contribution in [3.05, 3.63) is 12.2 Å². The molecule has 0 fully saturated rings. The van der Waals surface area contributed by atoms with Gasteiger partial charge in [0.05, 0.1) is 6.61 Å². The fraction of sp³-hybridized carbons (Fsp3) is 0.818. The third-order valence-corrected chi connectivity index (χ3v) is 7.30. The van der Waals surface area contributed by atoms with Gasteiger partial charge in [0.2, 0.25) is 0 Å². The van der Waals surface area contributed by atoms with E-state index >= 15 is 0 Å². The molecule has 0 saturated carbocycles. The second kappa shape index (κ2) is 7.38. The first-order chi connectivity index (χ1) is 6.83. The van der Waals surface area contributed by atoms with Crippen molar-refractivity contribution < 1.29 is 8.85 Å². The van der Waals surface area contributed by atoms with Crippen molar-refractivity contribution >= 4 is 17.4 Å². The Balaban J connectivity index is 3.52. The third kappa shape index (κ3) is 10.4. The number of ether oxygens (including phenoxy) is 1. The van der Waals surface area contributed by atoms with E-state index in [1.54, 1.807) is 0 Å². The molecule has 0 aromatic carbocycles.